The lowest BCUT2D eigenvalue weighted by Crippen LogP contribution is -2.33. The SMILES string of the molecule is Cc1nc2c(s1)[C@H](N(C)C(=O)c1cc(F)c(F)c(F)c1)CCC2. The fourth-order valence-electron chi connectivity index (χ4n) is 2.91. The zero-order valence-electron chi connectivity index (χ0n) is 12.7. The van der Waals surface area contributed by atoms with Crippen molar-refractivity contribution in [3.8, 4) is 0 Å². The first-order valence-corrected chi connectivity index (χ1v) is 8.08. The average Bonchev–Trinajstić information content (AvgIpc) is 2.90. The first-order valence-electron chi connectivity index (χ1n) is 7.26. The summed E-state index contributed by atoms with van der Waals surface area (Å²) >= 11 is 1.53. The van der Waals surface area contributed by atoms with Gasteiger partial charge >= 0.3 is 0 Å². The minimum Gasteiger partial charge on any atom is -0.334 e. The first-order chi connectivity index (χ1) is 10.9. The van der Waals surface area contributed by atoms with Crippen LogP contribution < -0.4 is 0 Å². The van der Waals surface area contributed by atoms with Gasteiger partial charge < -0.3 is 4.90 Å². The second-order valence-corrected chi connectivity index (χ2v) is 6.86. The number of aromatic nitrogens is 1. The van der Waals surface area contributed by atoms with Gasteiger partial charge in [0.25, 0.3) is 5.91 Å². The maximum absolute atomic E-state index is 13.4. The number of thiazole rings is 1. The predicted molar refractivity (Wildman–Crippen MR) is 80.9 cm³/mol. The molecule has 1 aromatic carbocycles. The van der Waals surface area contributed by atoms with Gasteiger partial charge in [0.2, 0.25) is 0 Å². The molecule has 3 rings (SSSR count). The van der Waals surface area contributed by atoms with Crippen LogP contribution in [0.1, 0.15) is 44.8 Å². The number of nitrogens with zero attached hydrogens (tertiary/aromatic N) is 2. The monoisotopic (exact) mass is 340 g/mol. The Balaban J connectivity index is 1.92. The Morgan fingerprint density at radius 2 is 1.96 bits per heavy atom. The molecule has 0 radical (unpaired) electrons. The van der Waals surface area contributed by atoms with Gasteiger partial charge in [-0.15, -0.1) is 11.3 Å². The molecule has 0 unspecified atom stereocenters. The van der Waals surface area contributed by atoms with Crippen LogP contribution in [0.4, 0.5) is 13.2 Å². The third-order valence-corrected chi connectivity index (χ3v) is 5.16. The van der Waals surface area contributed by atoms with E-state index in [-0.39, 0.29) is 11.6 Å². The summed E-state index contributed by atoms with van der Waals surface area (Å²) in [7, 11) is 1.59. The molecule has 0 fully saturated rings. The molecule has 3 nitrogen and oxygen atoms in total. The Kier molecular flexibility index (Phi) is 4.14. The van der Waals surface area contributed by atoms with Crippen LogP contribution in [0.2, 0.25) is 0 Å². The van der Waals surface area contributed by atoms with Crippen molar-refractivity contribution in [2.45, 2.75) is 32.2 Å². The van der Waals surface area contributed by atoms with E-state index in [1.807, 2.05) is 6.92 Å². The number of benzene rings is 1. The van der Waals surface area contributed by atoms with Gasteiger partial charge in [0.15, 0.2) is 17.5 Å². The molecule has 0 N–H and O–H groups in total. The predicted octanol–water partition coefficient (Wildman–Crippen LogP) is 4.02. The summed E-state index contributed by atoms with van der Waals surface area (Å²) < 4.78 is 39.8. The van der Waals surface area contributed by atoms with Crippen molar-refractivity contribution in [1.82, 2.24) is 9.88 Å². The molecular formula is C16H15F3N2OS. The van der Waals surface area contributed by atoms with E-state index in [9.17, 15) is 18.0 Å². The number of hydrogen-bond donors (Lipinski definition) is 0. The number of rotatable bonds is 2. The Morgan fingerprint density at radius 3 is 2.61 bits per heavy atom. The Labute approximate surface area is 135 Å². The number of amides is 1. The fourth-order valence-corrected chi connectivity index (χ4v) is 4.06. The Bertz CT molecular complexity index is 752. The Hall–Kier alpha value is -1.89. The van der Waals surface area contributed by atoms with Gasteiger partial charge in [0.1, 0.15) is 0 Å². The van der Waals surface area contributed by atoms with Crippen LogP contribution in [0.3, 0.4) is 0 Å². The summed E-state index contributed by atoms with van der Waals surface area (Å²) in [6.07, 6.45) is 2.53. The van der Waals surface area contributed by atoms with E-state index in [2.05, 4.69) is 4.98 Å². The average molecular weight is 340 g/mol. The number of fused-ring (bicyclic) bond motifs is 1. The maximum Gasteiger partial charge on any atom is 0.254 e. The van der Waals surface area contributed by atoms with E-state index in [1.54, 1.807) is 7.05 Å². The third kappa shape index (κ3) is 2.85. The quantitative estimate of drug-likeness (QED) is 0.774. The summed E-state index contributed by atoms with van der Waals surface area (Å²) in [4.78, 5) is 19.5. The van der Waals surface area contributed by atoms with Crippen LogP contribution in [0.25, 0.3) is 0 Å². The molecule has 1 amide bonds. The second-order valence-electron chi connectivity index (χ2n) is 5.62. The number of hydrogen-bond acceptors (Lipinski definition) is 3. The fraction of sp³-hybridized carbons (Fsp3) is 0.375. The van der Waals surface area contributed by atoms with Crippen molar-refractivity contribution in [3.05, 3.63) is 50.7 Å². The van der Waals surface area contributed by atoms with Gasteiger partial charge in [-0.3, -0.25) is 4.79 Å². The van der Waals surface area contributed by atoms with Crippen molar-refractivity contribution in [2.24, 2.45) is 0 Å². The van der Waals surface area contributed by atoms with E-state index < -0.39 is 23.4 Å². The van der Waals surface area contributed by atoms with E-state index >= 15 is 0 Å². The molecule has 1 aliphatic rings. The van der Waals surface area contributed by atoms with Crippen LogP contribution in [0.5, 0.6) is 0 Å². The van der Waals surface area contributed by atoms with E-state index in [0.29, 0.717) is 0 Å². The topological polar surface area (TPSA) is 33.2 Å². The molecule has 0 spiro atoms. The van der Waals surface area contributed by atoms with Crippen LogP contribution in [-0.2, 0) is 6.42 Å². The van der Waals surface area contributed by atoms with E-state index in [4.69, 9.17) is 0 Å². The largest absolute Gasteiger partial charge is 0.334 e. The van der Waals surface area contributed by atoms with Gasteiger partial charge in [-0.25, -0.2) is 18.2 Å². The molecule has 1 atom stereocenters. The molecule has 122 valence electrons. The first kappa shape index (κ1) is 16.0. The summed E-state index contributed by atoms with van der Waals surface area (Å²) in [6, 6.07) is 1.30. The van der Waals surface area contributed by atoms with Gasteiger partial charge in [-0.2, -0.15) is 0 Å². The molecule has 23 heavy (non-hydrogen) atoms. The molecule has 1 aliphatic carbocycles. The lowest BCUT2D eigenvalue weighted by molar-refractivity contribution is 0.0716. The highest BCUT2D eigenvalue weighted by Crippen LogP contribution is 2.37. The smallest absolute Gasteiger partial charge is 0.254 e. The molecule has 0 bridgehead atoms. The number of aryl methyl sites for hydroxylation is 2. The third-order valence-electron chi connectivity index (χ3n) is 4.05. The molecule has 0 aliphatic heterocycles. The highest BCUT2D eigenvalue weighted by molar-refractivity contribution is 7.11. The summed E-state index contributed by atoms with van der Waals surface area (Å²) in [5.41, 5.74) is 0.789. The van der Waals surface area contributed by atoms with Crippen LogP contribution in [-0.4, -0.2) is 22.8 Å². The maximum atomic E-state index is 13.4. The number of carbonyl (C=O) groups excluding carboxylic acids is 1. The van der Waals surface area contributed by atoms with Gasteiger partial charge in [-0.1, -0.05) is 0 Å². The van der Waals surface area contributed by atoms with E-state index in [1.165, 1.54) is 16.2 Å². The molecule has 0 saturated heterocycles. The summed E-state index contributed by atoms with van der Waals surface area (Å²) in [5.74, 6) is -4.83. The highest BCUT2D eigenvalue weighted by atomic mass is 32.1. The Morgan fingerprint density at radius 1 is 1.30 bits per heavy atom. The molecular weight excluding hydrogens is 325 g/mol. The zero-order valence-corrected chi connectivity index (χ0v) is 13.5. The molecule has 7 heteroatoms. The van der Waals surface area contributed by atoms with Gasteiger partial charge in [0, 0.05) is 12.6 Å². The van der Waals surface area contributed by atoms with Crippen LogP contribution >= 0.6 is 11.3 Å². The second kappa shape index (κ2) is 5.96. The van der Waals surface area contributed by atoms with Crippen molar-refractivity contribution in [1.29, 1.82) is 0 Å². The zero-order chi connectivity index (χ0) is 16.7. The minimum absolute atomic E-state index is 0.173. The van der Waals surface area contributed by atoms with Gasteiger partial charge in [0.05, 0.1) is 21.6 Å². The molecule has 0 saturated carbocycles. The number of halogens is 3. The van der Waals surface area contributed by atoms with Crippen molar-refractivity contribution < 1.29 is 18.0 Å². The summed E-state index contributed by atoms with van der Waals surface area (Å²) in [5, 5.41) is 0.932. The summed E-state index contributed by atoms with van der Waals surface area (Å²) in [6.45, 7) is 1.91. The van der Waals surface area contributed by atoms with Crippen molar-refractivity contribution in [2.75, 3.05) is 7.05 Å². The highest BCUT2D eigenvalue weighted by Gasteiger charge is 2.30. The molecule has 2 aromatic rings. The van der Waals surface area contributed by atoms with E-state index in [0.717, 1.165) is 47.0 Å². The standard InChI is InChI=1S/C16H15F3N2OS/c1-8-20-12-4-3-5-13(15(12)23-8)21(2)16(22)9-6-10(17)14(19)11(18)7-9/h6-7,13H,3-5H2,1-2H3/t13-/m1/s1. The minimum atomic E-state index is -1.57. The lowest BCUT2D eigenvalue weighted by atomic mass is 9.96. The van der Waals surface area contributed by atoms with Crippen molar-refractivity contribution >= 4 is 17.2 Å². The lowest BCUT2D eigenvalue weighted by Gasteiger charge is -2.30. The van der Waals surface area contributed by atoms with Crippen molar-refractivity contribution in [3.63, 3.8) is 0 Å². The molecule has 1 aromatic heterocycles. The molecule has 1 heterocycles. The number of carbonyl (C=O) groups is 1. The van der Waals surface area contributed by atoms with Crippen LogP contribution in [0.15, 0.2) is 12.1 Å². The normalized spacial score (nSPS) is 17.0. The van der Waals surface area contributed by atoms with Gasteiger partial charge in [-0.05, 0) is 38.3 Å². The van der Waals surface area contributed by atoms with Crippen LogP contribution in [0, 0.1) is 24.4 Å².